The van der Waals surface area contributed by atoms with E-state index in [1.165, 1.54) is 107 Å². The molecule has 0 bridgehead atoms. The van der Waals surface area contributed by atoms with Crippen molar-refractivity contribution in [2.45, 2.75) is 117 Å². The SMILES string of the molecule is CCCC(CCCCc1ccc(C(C)C=NCC)cc1)CCC(CCCc1ccccc1)C1=CCCCC=C1. The standard InChI is InChI=1S/C38H55N/c1-4-16-33(19-13-14-20-35-25-28-36(29-26-35)32(3)31-39-5-2)27-30-38(37-22-11-6-7-12-23-37)24-15-21-34-17-9-8-10-18-34/h8-11,17-18,22-23,25-26,28-29,31-33,38H,4-7,12-16,19-21,24,27,30H2,1-3H3. The molecule has 0 radical (unpaired) electrons. The summed E-state index contributed by atoms with van der Waals surface area (Å²) in [6, 6.07) is 20.3. The first kappa shape index (κ1) is 31.1. The molecule has 1 heteroatoms. The lowest BCUT2D eigenvalue weighted by Crippen LogP contribution is -2.09. The number of hydrogen-bond donors (Lipinski definition) is 0. The number of hydrogen-bond acceptors (Lipinski definition) is 1. The zero-order chi connectivity index (χ0) is 27.5. The summed E-state index contributed by atoms with van der Waals surface area (Å²) in [5.41, 5.74) is 5.97. The van der Waals surface area contributed by atoms with E-state index in [1.54, 1.807) is 5.57 Å². The van der Waals surface area contributed by atoms with Gasteiger partial charge in [-0.05, 0) is 105 Å². The average Bonchev–Trinajstić information content (AvgIpc) is 3.26. The first-order chi connectivity index (χ1) is 19.2. The molecule has 1 aliphatic carbocycles. The Labute approximate surface area is 240 Å². The zero-order valence-corrected chi connectivity index (χ0v) is 25.3. The van der Waals surface area contributed by atoms with Gasteiger partial charge in [0, 0.05) is 18.7 Å². The molecule has 212 valence electrons. The van der Waals surface area contributed by atoms with Crippen molar-refractivity contribution in [1.29, 1.82) is 0 Å². The first-order valence-corrected chi connectivity index (χ1v) is 16.2. The Balaban J connectivity index is 1.46. The predicted molar refractivity (Wildman–Crippen MR) is 173 cm³/mol. The second kappa shape index (κ2) is 18.8. The summed E-state index contributed by atoms with van der Waals surface area (Å²) in [5, 5.41) is 0. The third-order valence-corrected chi connectivity index (χ3v) is 8.56. The van der Waals surface area contributed by atoms with Crippen LogP contribution < -0.4 is 0 Å². The maximum Gasteiger partial charge on any atom is 0.0357 e. The summed E-state index contributed by atoms with van der Waals surface area (Å²) in [5.74, 6) is 2.01. The quantitative estimate of drug-likeness (QED) is 0.135. The van der Waals surface area contributed by atoms with Crippen molar-refractivity contribution in [1.82, 2.24) is 0 Å². The molecule has 39 heavy (non-hydrogen) atoms. The molecule has 3 rings (SSSR count). The first-order valence-electron chi connectivity index (χ1n) is 16.2. The molecule has 2 aromatic carbocycles. The Morgan fingerprint density at radius 1 is 0.769 bits per heavy atom. The lowest BCUT2D eigenvalue weighted by molar-refractivity contribution is 0.355. The maximum absolute atomic E-state index is 4.41. The van der Waals surface area contributed by atoms with Crippen LogP contribution in [0.3, 0.4) is 0 Å². The van der Waals surface area contributed by atoms with E-state index in [9.17, 15) is 0 Å². The number of nitrogens with zero attached hydrogens (tertiary/aromatic N) is 1. The van der Waals surface area contributed by atoms with Gasteiger partial charge in [0.2, 0.25) is 0 Å². The number of allylic oxidation sites excluding steroid dienone is 4. The number of aliphatic imine (C=N–C) groups is 1. The molecule has 1 nitrogen and oxygen atoms in total. The van der Waals surface area contributed by atoms with Crippen molar-refractivity contribution in [3.05, 3.63) is 95.1 Å². The fourth-order valence-electron chi connectivity index (χ4n) is 6.15. The third kappa shape index (κ3) is 12.1. The van der Waals surface area contributed by atoms with Crippen LogP contribution >= 0.6 is 0 Å². The molecule has 0 aliphatic heterocycles. The summed E-state index contributed by atoms with van der Waals surface area (Å²) in [6.07, 6.45) is 27.9. The second-order valence-corrected chi connectivity index (χ2v) is 11.8. The number of unbranched alkanes of at least 4 members (excludes halogenated alkanes) is 1. The van der Waals surface area contributed by atoms with Gasteiger partial charge in [-0.15, -0.1) is 0 Å². The van der Waals surface area contributed by atoms with Crippen LogP contribution in [0.15, 0.2) is 83.4 Å². The maximum atomic E-state index is 4.41. The summed E-state index contributed by atoms with van der Waals surface area (Å²) in [6.45, 7) is 7.56. The van der Waals surface area contributed by atoms with Crippen LogP contribution in [0.4, 0.5) is 0 Å². The van der Waals surface area contributed by atoms with Crippen LogP contribution in [0, 0.1) is 11.8 Å². The van der Waals surface area contributed by atoms with E-state index in [4.69, 9.17) is 0 Å². The molecule has 0 fully saturated rings. The van der Waals surface area contributed by atoms with Crippen molar-refractivity contribution < 1.29 is 0 Å². The van der Waals surface area contributed by atoms with Gasteiger partial charge in [-0.1, -0.05) is 112 Å². The highest BCUT2D eigenvalue weighted by Crippen LogP contribution is 2.31. The molecule has 0 heterocycles. The van der Waals surface area contributed by atoms with Crippen molar-refractivity contribution in [3.63, 3.8) is 0 Å². The van der Waals surface area contributed by atoms with Crippen LogP contribution in [0.1, 0.15) is 120 Å². The van der Waals surface area contributed by atoms with Gasteiger partial charge in [0.1, 0.15) is 0 Å². The van der Waals surface area contributed by atoms with E-state index in [0.29, 0.717) is 5.92 Å². The molecule has 1 aliphatic rings. The Hall–Kier alpha value is -2.41. The Morgan fingerprint density at radius 2 is 1.54 bits per heavy atom. The smallest absolute Gasteiger partial charge is 0.0357 e. The van der Waals surface area contributed by atoms with Gasteiger partial charge in [0.15, 0.2) is 0 Å². The van der Waals surface area contributed by atoms with E-state index in [1.807, 2.05) is 0 Å². The molecule has 0 saturated carbocycles. The molecule has 0 amide bonds. The van der Waals surface area contributed by atoms with Gasteiger partial charge in [0.25, 0.3) is 0 Å². The molecule has 3 unspecified atom stereocenters. The molecule has 0 spiro atoms. The average molecular weight is 526 g/mol. The van der Waals surface area contributed by atoms with Crippen LogP contribution in [0.5, 0.6) is 0 Å². The molecular weight excluding hydrogens is 470 g/mol. The summed E-state index contributed by atoms with van der Waals surface area (Å²) in [4.78, 5) is 4.41. The van der Waals surface area contributed by atoms with Crippen LogP contribution in [0.2, 0.25) is 0 Å². The number of rotatable bonds is 18. The summed E-state index contributed by atoms with van der Waals surface area (Å²) in [7, 11) is 0. The van der Waals surface area contributed by atoms with E-state index in [-0.39, 0.29) is 0 Å². The van der Waals surface area contributed by atoms with Crippen molar-refractivity contribution in [2.75, 3.05) is 6.54 Å². The highest BCUT2D eigenvalue weighted by molar-refractivity contribution is 5.67. The molecule has 2 aromatic rings. The molecular formula is C38H55N. The number of benzene rings is 2. The van der Waals surface area contributed by atoms with Gasteiger partial charge >= 0.3 is 0 Å². The van der Waals surface area contributed by atoms with Gasteiger partial charge in [-0.25, -0.2) is 0 Å². The van der Waals surface area contributed by atoms with Crippen molar-refractivity contribution in [2.24, 2.45) is 16.8 Å². The fraction of sp³-hybridized carbons (Fsp3) is 0.553. The van der Waals surface area contributed by atoms with Crippen LogP contribution in [-0.4, -0.2) is 12.8 Å². The predicted octanol–water partition coefficient (Wildman–Crippen LogP) is 11.1. The van der Waals surface area contributed by atoms with Gasteiger partial charge < -0.3 is 0 Å². The largest absolute Gasteiger partial charge is 0.297 e. The highest BCUT2D eigenvalue weighted by Gasteiger charge is 2.17. The normalized spacial score (nSPS) is 16.1. The van der Waals surface area contributed by atoms with E-state index < -0.39 is 0 Å². The van der Waals surface area contributed by atoms with Gasteiger partial charge in [-0.2, -0.15) is 0 Å². The van der Waals surface area contributed by atoms with E-state index in [0.717, 1.165) is 18.4 Å². The second-order valence-electron chi connectivity index (χ2n) is 11.8. The molecule has 0 aromatic heterocycles. The Bertz CT molecular complexity index is 981. The Kier molecular flexibility index (Phi) is 15.0. The monoisotopic (exact) mass is 525 g/mol. The highest BCUT2D eigenvalue weighted by atomic mass is 14.7. The number of aryl methyl sites for hydroxylation is 2. The van der Waals surface area contributed by atoms with Gasteiger partial charge in [0.05, 0.1) is 0 Å². The zero-order valence-electron chi connectivity index (χ0n) is 25.3. The minimum Gasteiger partial charge on any atom is -0.297 e. The van der Waals surface area contributed by atoms with Crippen LogP contribution in [0.25, 0.3) is 0 Å². The Morgan fingerprint density at radius 3 is 2.31 bits per heavy atom. The summed E-state index contributed by atoms with van der Waals surface area (Å²) < 4.78 is 0. The van der Waals surface area contributed by atoms with Crippen LogP contribution in [-0.2, 0) is 12.8 Å². The summed E-state index contributed by atoms with van der Waals surface area (Å²) >= 11 is 0. The topological polar surface area (TPSA) is 12.4 Å². The van der Waals surface area contributed by atoms with E-state index >= 15 is 0 Å². The van der Waals surface area contributed by atoms with Gasteiger partial charge in [-0.3, -0.25) is 4.99 Å². The lowest BCUT2D eigenvalue weighted by atomic mass is 9.83. The molecule has 0 saturated heterocycles. The fourth-order valence-corrected chi connectivity index (χ4v) is 6.15. The van der Waals surface area contributed by atoms with Crippen molar-refractivity contribution >= 4 is 6.21 Å². The third-order valence-electron chi connectivity index (χ3n) is 8.56. The minimum atomic E-state index is 0.403. The van der Waals surface area contributed by atoms with Crippen molar-refractivity contribution in [3.8, 4) is 0 Å². The molecule has 0 N–H and O–H groups in total. The lowest BCUT2D eigenvalue weighted by Gasteiger charge is -2.23. The van der Waals surface area contributed by atoms with E-state index in [2.05, 4.69) is 105 Å². The molecule has 3 atom stereocenters. The minimum absolute atomic E-state index is 0.403.